The van der Waals surface area contributed by atoms with Crippen molar-refractivity contribution in [3.05, 3.63) is 59.7 Å². The van der Waals surface area contributed by atoms with Crippen LogP contribution in [0.3, 0.4) is 0 Å². The summed E-state index contributed by atoms with van der Waals surface area (Å²) in [6, 6.07) is 7.38. The van der Waals surface area contributed by atoms with Gasteiger partial charge in [-0.2, -0.15) is 5.10 Å². The first-order valence-electron chi connectivity index (χ1n) is 11.0. The number of allylic oxidation sites excluding steroid dienone is 1. The van der Waals surface area contributed by atoms with Crippen LogP contribution in [-0.4, -0.2) is 42.6 Å². The highest BCUT2D eigenvalue weighted by atomic mass is 16.7. The number of rotatable bonds is 10. The number of phenolic OH excluding ortho intramolecular Hbond substituents is 1. The lowest BCUT2D eigenvalue weighted by molar-refractivity contribution is -0.123. The molecule has 1 atom stereocenters. The van der Waals surface area contributed by atoms with Gasteiger partial charge in [0.15, 0.2) is 23.0 Å². The van der Waals surface area contributed by atoms with Gasteiger partial charge in [0.25, 0.3) is 11.8 Å². The topological polar surface area (TPSA) is 118 Å². The summed E-state index contributed by atoms with van der Waals surface area (Å²) in [7, 11) is 0. The van der Waals surface area contributed by atoms with Gasteiger partial charge in [-0.1, -0.05) is 19.9 Å². The number of phenols is 1. The lowest BCUT2D eigenvalue weighted by Crippen LogP contribution is -2.48. The zero-order chi connectivity index (χ0) is 24.7. The fourth-order valence-electron chi connectivity index (χ4n) is 3.38. The Morgan fingerprint density at radius 2 is 2.00 bits per heavy atom. The van der Waals surface area contributed by atoms with Crippen LogP contribution in [0, 0.1) is 5.92 Å². The molecule has 0 bridgehead atoms. The van der Waals surface area contributed by atoms with Crippen molar-refractivity contribution in [2.45, 2.75) is 33.2 Å². The molecule has 0 saturated carbocycles. The molecule has 3 N–H and O–H groups in total. The van der Waals surface area contributed by atoms with Crippen LogP contribution in [0.25, 0.3) is 0 Å². The number of carbonyl (C=O) groups excluding carboxylic acids is 2. The molecular weight excluding hydrogens is 438 g/mol. The molecule has 34 heavy (non-hydrogen) atoms. The Morgan fingerprint density at radius 3 is 2.71 bits per heavy atom. The highest BCUT2D eigenvalue weighted by Gasteiger charge is 2.25. The molecule has 9 nitrogen and oxygen atoms in total. The number of amides is 2. The first-order valence-corrected chi connectivity index (χ1v) is 11.0. The highest BCUT2D eigenvalue weighted by molar-refractivity contribution is 5.98. The molecule has 0 spiro atoms. The van der Waals surface area contributed by atoms with E-state index in [1.807, 2.05) is 20.8 Å². The van der Waals surface area contributed by atoms with Crippen LogP contribution in [0.2, 0.25) is 0 Å². The van der Waals surface area contributed by atoms with E-state index in [9.17, 15) is 14.7 Å². The molecule has 1 aliphatic rings. The minimum absolute atomic E-state index is 0.0500. The third-order valence-corrected chi connectivity index (χ3v) is 5.10. The molecule has 0 radical (unpaired) electrons. The Labute approximate surface area is 198 Å². The number of hydrogen-bond acceptors (Lipinski definition) is 7. The number of hydrazone groups is 1. The lowest BCUT2D eigenvalue weighted by Gasteiger charge is -2.20. The number of ether oxygens (including phenoxy) is 3. The van der Waals surface area contributed by atoms with E-state index in [-0.39, 0.29) is 18.5 Å². The van der Waals surface area contributed by atoms with Gasteiger partial charge in [0.05, 0.1) is 12.8 Å². The van der Waals surface area contributed by atoms with Crippen molar-refractivity contribution in [3.63, 3.8) is 0 Å². The van der Waals surface area contributed by atoms with E-state index in [0.29, 0.717) is 47.0 Å². The predicted molar refractivity (Wildman–Crippen MR) is 128 cm³/mol. The second kappa shape index (κ2) is 11.2. The molecule has 2 aromatic rings. The van der Waals surface area contributed by atoms with Gasteiger partial charge in [-0.3, -0.25) is 9.59 Å². The number of benzene rings is 2. The van der Waals surface area contributed by atoms with E-state index in [4.69, 9.17) is 14.2 Å². The average Bonchev–Trinajstić information content (AvgIpc) is 3.28. The number of hydrogen-bond donors (Lipinski definition) is 3. The minimum Gasteiger partial charge on any atom is -0.504 e. The van der Waals surface area contributed by atoms with Crippen LogP contribution >= 0.6 is 0 Å². The monoisotopic (exact) mass is 467 g/mol. The Kier molecular flexibility index (Phi) is 8.13. The number of carbonyl (C=O) groups is 2. The SMILES string of the molecule is C=CCc1cc(/C=N/NC(=O)C(NC(=O)c2ccc3c(c2)OCO3)C(C)C)cc(OCC)c1O. The maximum absolute atomic E-state index is 12.8. The summed E-state index contributed by atoms with van der Waals surface area (Å²) in [5.41, 5.74) is 4.09. The third-order valence-electron chi connectivity index (χ3n) is 5.10. The van der Waals surface area contributed by atoms with E-state index >= 15 is 0 Å². The largest absolute Gasteiger partial charge is 0.504 e. The standard InChI is InChI=1S/C25H29N3O6/c1-5-7-17-10-16(11-21(23(17)29)32-6-2)13-26-28-25(31)22(15(3)4)27-24(30)18-8-9-19-20(12-18)34-14-33-19/h5,8-13,15,22,29H,1,6-7,14H2,2-4H3,(H,27,30)(H,28,31)/b26-13+. The summed E-state index contributed by atoms with van der Waals surface area (Å²) in [6.07, 6.45) is 3.56. The van der Waals surface area contributed by atoms with Gasteiger partial charge in [0.2, 0.25) is 6.79 Å². The molecule has 180 valence electrons. The molecule has 1 unspecified atom stereocenters. The molecule has 2 amide bonds. The summed E-state index contributed by atoms with van der Waals surface area (Å²) in [5, 5.41) is 17.1. The fraction of sp³-hybridized carbons (Fsp3) is 0.320. The first-order chi connectivity index (χ1) is 16.3. The summed E-state index contributed by atoms with van der Waals surface area (Å²) in [5.74, 6) is 0.367. The van der Waals surface area contributed by atoms with Crippen molar-refractivity contribution in [3.8, 4) is 23.0 Å². The van der Waals surface area contributed by atoms with Crippen molar-refractivity contribution in [1.29, 1.82) is 0 Å². The van der Waals surface area contributed by atoms with Crippen molar-refractivity contribution < 1.29 is 28.9 Å². The molecule has 0 aliphatic carbocycles. The van der Waals surface area contributed by atoms with Crippen LogP contribution in [-0.2, 0) is 11.2 Å². The van der Waals surface area contributed by atoms with Crippen molar-refractivity contribution in [1.82, 2.24) is 10.7 Å². The Balaban J connectivity index is 1.69. The van der Waals surface area contributed by atoms with Crippen LogP contribution in [0.4, 0.5) is 0 Å². The Morgan fingerprint density at radius 1 is 1.24 bits per heavy atom. The van der Waals surface area contributed by atoms with E-state index in [2.05, 4.69) is 22.4 Å². The van der Waals surface area contributed by atoms with Gasteiger partial charge in [0.1, 0.15) is 6.04 Å². The predicted octanol–water partition coefficient (Wildman–Crippen LogP) is 3.15. The van der Waals surface area contributed by atoms with Gasteiger partial charge < -0.3 is 24.6 Å². The minimum atomic E-state index is -0.815. The Bertz CT molecular complexity index is 1100. The molecule has 0 saturated heterocycles. The van der Waals surface area contributed by atoms with Crippen molar-refractivity contribution in [2.24, 2.45) is 11.0 Å². The van der Waals surface area contributed by atoms with Gasteiger partial charge in [0, 0.05) is 11.1 Å². The molecular formula is C25H29N3O6. The van der Waals surface area contributed by atoms with Crippen LogP contribution in [0.1, 0.15) is 42.3 Å². The van der Waals surface area contributed by atoms with Crippen molar-refractivity contribution >= 4 is 18.0 Å². The number of aromatic hydroxyl groups is 1. The quantitative estimate of drug-likeness (QED) is 0.281. The second-order valence-corrected chi connectivity index (χ2v) is 7.95. The van der Waals surface area contributed by atoms with Gasteiger partial charge in [-0.05, 0) is 55.2 Å². The maximum atomic E-state index is 12.8. The second-order valence-electron chi connectivity index (χ2n) is 7.95. The van der Waals surface area contributed by atoms with Crippen LogP contribution < -0.4 is 25.0 Å². The van der Waals surface area contributed by atoms with Gasteiger partial charge in [-0.15, -0.1) is 6.58 Å². The van der Waals surface area contributed by atoms with E-state index in [1.165, 1.54) is 6.21 Å². The van der Waals surface area contributed by atoms with Crippen LogP contribution in [0.5, 0.6) is 23.0 Å². The lowest BCUT2D eigenvalue weighted by atomic mass is 10.0. The summed E-state index contributed by atoms with van der Waals surface area (Å²) < 4.78 is 16.0. The number of nitrogens with zero attached hydrogens (tertiary/aromatic N) is 1. The molecule has 0 aromatic heterocycles. The summed E-state index contributed by atoms with van der Waals surface area (Å²) in [4.78, 5) is 25.5. The number of fused-ring (bicyclic) bond motifs is 1. The van der Waals surface area contributed by atoms with Crippen LogP contribution in [0.15, 0.2) is 48.1 Å². The van der Waals surface area contributed by atoms with E-state index < -0.39 is 17.9 Å². The third kappa shape index (κ3) is 5.86. The summed E-state index contributed by atoms with van der Waals surface area (Å²) >= 11 is 0. The van der Waals surface area contributed by atoms with Gasteiger partial charge in [-0.25, -0.2) is 5.43 Å². The molecule has 9 heteroatoms. The Hall–Kier alpha value is -4.01. The summed E-state index contributed by atoms with van der Waals surface area (Å²) in [6.45, 7) is 9.65. The molecule has 0 fully saturated rings. The molecule has 2 aromatic carbocycles. The normalized spacial score (nSPS) is 13.1. The zero-order valence-electron chi connectivity index (χ0n) is 19.5. The smallest absolute Gasteiger partial charge is 0.262 e. The molecule has 3 rings (SSSR count). The molecule has 1 heterocycles. The fourth-order valence-corrected chi connectivity index (χ4v) is 3.38. The molecule has 1 aliphatic heterocycles. The van der Waals surface area contributed by atoms with Gasteiger partial charge >= 0.3 is 0 Å². The average molecular weight is 468 g/mol. The van der Waals surface area contributed by atoms with E-state index in [0.717, 1.165) is 0 Å². The first kappa shape index (κ1) is 24.6. The number of nitrogens with one attached hydrogen (secondary N) is 2. The zero-order valence-corrected chi connectivity index (χ0v) is 19.5. The van der Waals surface area contributed by atoms with E-state index in [1.54, 1.807) is 36.4 Å². The van der Waals surface area contributed by atoms with Crippen molar-refractivity contribution in [2.75, 3.05) is 13.4 Å². The maximum Gasteiger partial charge on any atom is 0.262 e. The highest BCUT2D eigenvalue weighted by Crippen LogP contribution is 2.33.